The van der Waals surface area contributed by atoms with Gasteiger partial charge in [0.2, 0.25) is 0 Å². The molecule has 2 saturated carbocycles. The van der Waals surface area contributed by atoms with Crippen molar-refractivity contribution < 1.29 is 17.1 Å². The number of aryl methyl sites for hydroxylation is 4. The van der Waals surface area contributed by atoms with Gasteiger partial charge < -0.3 is 0 Å². The summed E-state index contributed by atoms with van der Waals surface area (Å²) in [4.78, 5) is 0. The standard InChI is InChI=1S/C41H39P2.C5H5.Fe/c1-29-23-30(2)26-36(25-29)42(37-27-31(3)24-32(4)28-37)33(5)38-20-14-21-39(38)40-19-12-13-22-41(40)43(34-15-8-6-9-16-34)35-17-10-7-11-18-35;1-2-4-5-3-1;/h6-28,33H,1-5H3;1-5H;. The summed E-state index contributed by atoms with van der Waals surface area (Å²) in [5, 5.41) is 7.09. The molecule has 0 aliphatic heterocycles. The zero-order valence-electron chi connectivity index (χ0n) is 29.0. The number of benzene rings is 5. The molecule has 0 heterocycles. The molecule has 0 spiro atoms. The fourth-order valence-corrected chi connectivity index (χ4v) is 12.3. The third kappa shape index (κ3) is 9.43. The molecule has 0 aromatic heterocycles. The Labute approximate surface area is 310 Å². The summed E-state index contributed by atoms with van der Waals surface area (Å²) >= 11 is 0. The van der Waals surface area contributed by atoms with Gasteiger partial charge in [0.25, 0.3) is 0 Å². The van der Waals surface area contributed by atoms with Crippen LogP contribution in [0.4, 0.5) is 0 Å². The average molecular weight is 715 g/mol. The van der Waals surface area contributed by atoms with Gasteiger partial charge in [0, 0.05) is 23.0 Å². The van der Waals surface area contributed by atoms with Crippen molar-refractivity contribution in [1.82, 2.24) is 0 Å². The van der Waals surface area contributed by atoms with E-state index in [4.69, 9.17) is 0 Å². The van der Waals surface area contributed by atoms with Crippen LogP contribution in [0.1, 0.15) is 34.7 Å². The number of hydrogen-bond donors (Lipinski definition) is 0. The molecule has 0 bridgehead atoms. The van der Waals surface area contributed by atoms with Gasteiger partial charge in [-0.1, -0.05) is 151 Å². The zero-order chi connectivity index (χ0) is 33.5. The van der Waals surface area contributed by atoms with Crippen molar-refractivity contribution in [2.75, 3.05) is 0 Å². The maximum absolute atomic E-state index is 2.46. The first-order valence-corrected chi connectivity index (χ1v) is 19.5. The molecule has 0 N–H and O–H groups in total. The molecule has 2 aliphatic rings. The second-order valence-electron chi connectivity index (χ2n) is 12.6. The van der Waals surface area contributed by atoms with Crippen LogP contribution in [0.15, 0.2) is 121 Å². The Bertz CT molecular complexity index is 1620. The summed E-state index contributed by atoms with van der Waals surface area (Å²) in [5.74, 6) is 2.80. The van der Waals surface area contributed by atoms with E-state index in [2.05, 4.69) is 175 Å². The first-order valence-electron chi connectivity index (χ1n) is 16.8. The van der Waals surface area contributed by atoms with Crippen LogP contribution in [-0.4, -0.2) is 5.66 Å². The van der Waals surface area contributed by atoms with Gasteiger partial charge >= 0.3 is 0 Å². The maximum atomic E-state index is 2.46. The number of rotatable bonds is 8. The topological polar surface area (TPSA) is 0 Å². The molecule has 5 aromatic carbocycles. The molecule has 7 rings (SSSR count). The second kappa shape index (κ2) is 18.1. The molecule has 3 heteroatoms. The van der Waals surface area contributed by atoms with Gasteiger partial charge in [0.05, 0.1) is 0 Å². The van der Waals surface area contributed by atoms with Gasteiger partial charge in [0.1, 0.15) is 0 Å². The van der Waals surface area contributed by atoms with Crippen LogP contribution >= 0.6 is 15.8 Å². The third-order valence-corrected chi connectivity index (χ3v) is 13.9. The van der Waals surface area contributed by atoms with Gasteiger partial charge in [-0.25, -0.2) is 0 Å². The molecule has 10 radical (unpaired) electrons. The molecular weight excluding hydrogens is 670 g/mol. The minimum absolute atomic E-state index is 0. The fraction of sp³-hybridized carbons (Fsp3) is 0.130. The Balaban J connectivity index is 0.000000717. The smallest absolute Gasteiger partial charge is 0.0171 e. The molecular formula is C46H44FeP2. The van der Waals surface area contributed by atoms with Crippen molar-refractivity contribution >= 4 is 42.4 Å². The summed E-state index contributed by atoms with van der Waals surface area (Å²) in [7, 11) is -1.36. The SMILES string of the molecule is Cc1cc(C)cc(P(c2cc(C)cc(C)c2)C(C)[C]2[CH][CH][CH][C]2c2ccccc2P(c2ccccc2)c2ccccc2)c1.[CH]1[CH][CH][CH][CH]1.[Fe]. The quantitative estimate of drug-likeness (QED) is 0.111. The van der Waals surface area contributed by atoms with Gasteiger partial charge in [0.15, 0.2) is 0 Å². The second-order valence-corrected chi connectivity index (χ2v) is 17.4. The molecule has 1 atom stereocenters. The van der Waals surface area contributed by atoms with E-state index in [0.29, 0.717) is 5.66 Å². The van der Waals surface area contributed by atoms with E-state index in [-0.39, 0.29) is 17.1 Å². The van der Waals surface area contributed by atoms with E-state index in [0.717, 1.165) is 0 Å². The molecule has 2 fully saturated rings. The van der Waals surface area contributed by atoms with E-state index in [1.807, 2.05) is 32.1 Å². The summed E-state index contributed by atoms with van der Waals surface area (Å²) < 4.78 is 0. The van der Waals surface area contributed by atoms with Crippen molar-refractivity contribution in [2.24, 2.45) is 0 Å². The zero-order valence-corrected chi connectivity index (χ0v) is 31.9. The van der Waals surface area contributed by atoms with Crippen molar-refractivity contribution in [2.45, 2.75) is 40.3 Å². The van der Waals surface area contributed by atoms with E-state index >= 15 is 0 Å². The minimum atomic E-state index is -0.718. The minimum Gasteiger partial charge on any atom is -0.0622 e. The van der Waals surface area contributed by atoms with Crippen LogP contribution < -0.4 is 26.5 Å². The van der Waals surface area contributed by atoms with E-state index in [9.17, 15) is 0 Å². The Hall–Kier alpha value is -2.52. The number of hydrogen-bond acceptors (Lipinski definition) is 0. The maximum Gasteiger partial charge on any atom is 0.0171 e. The van der Waals surface area contributed by atoms with Gasteiger partial charge in [-0.2, -0.15) is 0 Å². The van der Waals surface area contributed by atoms with Crippen LogP contribution in [0.2, 0.25) is 0 Å². The van der Waals surface area contributed by atoms with Crippen LogP contribution in [0.5, 0.6) is 0 Å². The third-order valence-electron chi connectivity index (χ3n) is 8.68. The fourth-order valence-electron chi connectivity index (χ4n) is 6.76. The average Bonchev–Trinajstić information content (AvgIpc) is 3.82. The molecule has 0 nitrogen and oxygen atoms in total. The normalized spacial score (nSPS) is 15.6. The Morgan fingerprint density at radius 1 is 0.449 bits per heavy atom. The van der Waals surface area contributed by atoms with Crippen molar-refractivity contribution in [3.05, 3.63) is 212 Å². The van der Waals surface area contributed by atoms with Crippen LogP contribution in [0, 0.1) is 90.9 Å². The molecule has 1 unspecified atom stereocenters. The molecule has 49 heavy (non-hydrogen) atoms. The largest absolute Gasteiger partial charge is 0.0622 e. The predicted molar refractivity (Wildman–Crippen MR) is 213 cm³/mol. The van der Waals surface area contributed by atoms with E-state index < -0.39 is 15.8 Å². The van der Waals surface area contributed by atoms with Crippen LogP contribution in [-0.2, 0) is 17.1 Å². The van der Waals surface area contributed by atoms with Crippen LogP contribution in [0.3, 0.4) is 0 Å². The van der Waals surface area contributed by atoms with Crippen molar-refractivity contribution in [3.63, 3.8) is 0 Å². The van der Waals surface area contributed by atoms with Crippen molar-refractivity contribution in [1.29, 1.82) is 0 Å². The molecule has 2 aliphatic carbocycles. The van der Waals surface area contributed by atoms with E-state index in [1.165, 1.54) is 66.2 Å². The monoisotopic (exact) mass is 714 g/mol. The summed E-state index contributed by atoms with van der Waals surface area (Å²) in [6, 6.07) is 45.5. The first kappa shape index (κ1) is 37.7. The van der Waals surface area contributed by atoms with Crippen LogP contribution in [0.25, 0.3) is 0 Å². The molecule has 0 amide bonds. The van der Waals surface area contributed by atoms with Gasteiger partial charge in [-0.05, 0) is 139 Å². The molecule has 0 saturated heterocycles. The Kier molecular flexibility index (Phi) is 13.9. The van der Waals surface area contributed by atoms with E-state index in [1.54, 1.807) is 0 Å². The van der Waals surface area contributed by atoms with Crippen molar-refractivity contribution in [3.8, 4) is 0 Å². The predicted octanol–water partition coefficient (Wildman–Crippen LogP) is 9.34. The summed E-state index contributed by atoms with van der Waals surface area (Å²) in [6.45, 7) is 11.4. The summed E-state index contributed by atoms with van der Waals surface area (Å²) in [6.07, 6.45) is 17.0. The Morgan fingerprint density at radius 2 is 0.878 bits per heavy atom. The molecule has 246 valence electrons. The van der Waals surface area contributed by atoms with Gasteiger partial charge in [-0.3, -0.25) is 0 Å². The Morgan fingerprint density at radius 3 is 1.35 bits per heavy atom. The molecule has 5 aromatic rings. The first-order chi connectivity index (χ1) is 23.4. The van der Waals surface area contributed by atoms with Gasteiger partial charge in [-0.15, -0.1) is 0 Å². The summed E-state index contributed by atoms with van der Waals surface area (Å²) in [5.41, 5.74) is 7.04.